The second-order valence-electron chi connectivity index (χ2n) is 15.2. The lowest BCUT2D eigenvalue weighted by molar-refractivity contribution is -0.910. The third kappa shape index (κ3) is 46.5. The van der Waals surface area contributed by atoms with E-state index in [9.17, 15) is 27.7 Å². The van der Waals surface area contributed by atoms with Gasteiger partial charge in [-0.2, -0.15) is 0 Å². The Bertz CT molecular complexity index is 959. The highest BCUT2D eigenvalue weighted by Gasteiger charge is 2.22. The van der Waals surface area contributed by atoms with Crippen LogP contribution in [0.5, 0.6) is 0 Å². The number of ether oxygens (including phenoxy) is 2. The van der Waals surface area contributed by atoms with Gasteiger partial charge < -0.3 is 23.6 Å². The van der Waals surface area contributed by atoms with E-state index < -0.39 is 10.4 Å². The first-order chi connectivity index (χ1) is 26.5. The normalized spacial score (nSPS) is 12.8. The number of carbonyl (C=O) groups is 2. The number of aliphatic hydroxyl groups is 1. The molecule has 0 fully saturated rings. The molecule has 0 bridgehead atoms. The molecule has 0 saturated carbocycles. The van der Waals surface area contributed by atoms with Gasteiger partial charge in [-0.1, -0.05) is 141 Å². The highest BCUT2D eigenvalue weighted by molar-refractivity contribution is 7.80. The van der Waals surface area contributed by atoms with Gasteiger partial charge in [0, 0.05) is 12.8 Å². The maximum Gasteiger partial charge on any atom is 0.305 e. The lowest BCUT2D eigenvalue weighted by atomic mass is 10.1. The summed E-state index contributed by atoms with van der Waals surface area (Å²) >= 11 is 0. The van der Waals surface area contributed by atoms with Gasteiger partial charge >= 0.3 is 11.9 Å². The zero-order valence-corrected chi connectivity index (χ0v) is 36.7. The molecular formula is C44H85NO9S. The molecule has 11 heteroatoms. The first-order valence-corrected chi connectivity index (χ1v) is 23.4. The van der Waals surface area contributed by atoms with Gasteiger partial charge in [-0.15, -0.1) is 0 Å². The monoisotopic (exact) mass is 804 g/mol. The van der Waals surface area contributed by atoms with E-state index in [1.807, 2.05) is 7.05 Å². The van der Waals surface area contributed by atoms with Crippen molar-refractivity contribution in [3.05, 3.63) is 24.3 Å². The molecule has 10 nitrogen and oxygen atoms in total. The SMILES string of the molecule is CCCCCCCCC=CCCCCCCCC(=O)OCC[N+](C)(CCO)CCOC(=O)CCCCCCCC=CCCCCCCCC.COS(=O)(=O)[O-]. The van der Waals surface area contributed by atoms with E-state index in [1.165, 1.54) is 141 Å². The van der Waals surface area contributed by atoms with Gasteiger partial charge in [0.05, 0.1) is 20.8 Å². The summed E-state index contributed by atoms with van der Waals surface area (Å²) in [5, 5.41) is 9.58. The van der Waals surface area contributed by atoms with Crippen molar-refractivity contribution in [2.75, 3.05) is 53.6 Å². The van der Waals surface area contributed by atoms with Crippen molar-refractivity contribution in [1.82, 2.24) is 0 Å². The van der Waals surface area contributed by atoms with E-state index in [-0.39, 0.29) is 18.5 Å². The minimum absolute atomic E-state index is 0.0439. The number of nitrogens with zero attached hydrogens (tertiary/aromatic N) is 1. The molecule has 0 aromatic carbocycles. The molecule has 0 aromatic heterocycles. The number of esters is 2. The number of carbonyl (C=O) groups excluding carboxylic acids is 2. The highest BCUT2D eigenvalue weighted by Crippen LogP contribution is 2.12. The van der Waals surface area contributed by atoms with Gasteiger partial charge in [-0.05, 0) is 64.2 Å². The Morgan fingerprint density at radius 2 is 0.836 bits per heavy atom. The van der Waals surface area contributed by atoms with Gasteiger partial charge in [0.1, 0.15) is 32.8 Å². The molecule has 0 aromatic rings. The molecule has 0 amide bonds. The number of rotatable bonds is 39. The van der Waals surface area contributed by atoms with Crippen LogP contribution in [-0.4, -0.2) is 88.1 Å². The first kappa shape index (κ1) is 55.3. The van der Waals surface area contributed by atoms with Gasteiger partial charge in [0.15, 0.2) is 0 Å². The van der Waals surface area contributed by atoms with Crippen LogP contribution < -0.4 is 0 Å². The van der Waals surface area contributed by atoms with Gasteiger partial charge in [0.25, 0.3) is 0 Å². The van der Waals surface area contributed by atoms with E-state index in [1.54, 1.807) is 0 Å². The summed E-state index contributed by atoms with van der Waals surface area (Å²) in [7, 11) is -1.58. The zero-order chi connectivity index (χ0) is 41.1. The maximum atomic E-state index is 12.2. The number of quaternary nitrogens is 1. The Morgan fingerprint density at radius 3 is 1.13 bits per heavy atom. The van der Waals surface area contributed by atoms with Gasteiger partial charge in [-0.3, -0.25) is 13.8 Å². The zero-order valence-electron chi connectivity index (χ0n) is 35.9. The molecule has 0 radical (unpaired) electrons. The molecule has 0 spiro atoms. The van der Waals surface area contributed by atoms with Crippen LogP contribution in [0.4, 0.5) is 0 Å². The fourth-order valence-electron chi connectivity index (χ4n) is 6.16. The van der Waals surface area contributed by atoms with Crippen molar-refractivity contribution < 1.29 is 45.8 Å². The molecule has 0 aliphatic heterocycles. The molecule has 0 atom stereocenters. The fraction of sp³-hybridized carbons (Fsp3) is 0.864. The average molecular weight is 804 g/mol. The van der Waals surface area contributed by atoms with Crippen molar-refractivity contribution >= 4 is 22.3 Å². The van der Waals surface area contributed by atoms with Crippen LogP contribution in [0.1, 0.15) is 194 Å². The van der Waals surface area contributed by atoms with Crippen molar-refractivity contribution in [2.24, 2.45) is 0 Å². The van der Waals surface area contributed by atoms with Crippen molar-refractivity contribution in [3.8, 4) is 0 Å². The molecule has 0 heterocycles. The van der Waals surface area contributed by atoms with Crippen molar-refractivity contribution in [1.29, 1.82) is 0 Å². The Hall–Kier alpha value is -1.79. The van der Waals surface area contributed by atoms with E-state index in [4.69, 9.17) is 9.47 Å². The van der Waals surface area contributed by atoms with E-state index in [0.717, 1.165) is 32.8 Å². The molecule has 326 valence electrons. The summed E-state index contributed by atoms with van der Waals surface area (Å²) in [6, 6.07) is 0. The highest BCUT2D eigenvalue weighted by atomic mass is 32.3. The Kier molecular flexibility index (Phi) is 42.1. The minimum Gasteiger partial charge on any atom is -0.726 e. The number of hydrogen-bond acceptors (Lipinski definition) is 9. The third-order valence-electron chi connectivity index (χ3n) is 9.92. The molecule has 0 aliphatic carbocycles. The molecule has 0 unspecified atom stereocenters. The second-order valence-corrected chi connectivity index (χ2v) is 16.3. The van der Waals surface area contributed by atoms with Crippen LogP contribution >= 0.6 is 0 Å². The van der Waals surface area contributed by atoms with E-state index in [2.05, 4.69) is 42.3 Å². The molecule has 0 saturated heterocycles. The van der Waals surface area contributed by atoms with E-state index in [0.29, 0.717) is 50.2 Å². The Morgan fingerprint density at radius 1 is 0.545 bits per heavy atom. The summed E-state index contributed by atoms with van der Waals surface area (Å²) in [6.45, 7) is 6.96. The van der Waals surface area contributed by atoms with Crippen LogP contribution in [0.15, 0.2) is 24.3 Å². The van der Waals surface area contributed by atoms with Crippen molar-refractivity contribution in [3.63, 3.8) is 0 Å². The summed E-state index contributed by atoms with van der Waals surface area (Å²) in [5.41, 5.74) is 0. The Labute approximate surface area is 338 Å². The second kappa shape index (κ2) is 41.8. The lowest BCUT2D eigenvalue weighted by Gasteiger charge is -2.33. The quantitative estimate of drug-likeness (QED) is 0.0161. The smallest absolute Gasteiger partial charge is 0.305 e. The lowest BCUT2D eigenvalue weighted by Crippen LogP contribution is -2.50. The van der Waals surface area contributed by atoms with Crippen molar-refractivity contribution in [2.45, 2.75) is 194 Å². The minimum atomic E-state index is -4.41. The van der Waals surface area contributed by atoms with Gasteiger partial charge in [0.2, 0.25) is 10.4 Å². The average Bonchev–Trinajstić information content (AvgIpc) is 3.15. The molecule has 55 heavy (non-hydrogen) atoms. The third-order valence-corrected chi connectivity index (χ3v) is 10.3. The topological polar surface area (TPSA) is 139 Å². The predicted octanol–water partition coefficient (Wildman–Crippen LogP) is 10.7. The van der Waals surface area contributed by atoms with Crippen LogP contribution in [0, 0.1) is 0 Å². The maximum absolute atomic E-state index is 12.2. The van der Waals surface area contributed by atoms with Crippen LogP contribution in [-0.2, 0) is 33.6 Å². The summed E-state index contributed by atoms with van der Waals surface area (Å²) in [4.78, 5) is 24.5. The first-order valence-electron chi connectivity index (χ1n) is 22.1. The number of allylic oxidation sites excluding steroid dienone is 4. The fourth-order valence-corrected chi connectivity index (χ4v) is 6.16. The molecular weight excluding hydrogens is 719 g/mol. The summed E-state index contributed by atoms with van der Waals surface area (Å²) in [5.74, 6) is -0.279. The van der Waals surface area contributed by atoms with Crippen LogP contribution in [0.2, 0.25) is 0 Å². The molecule has 1 N–H and O–H groups in total. The largest absolute Gasteiger partial charge is 0.726 e. The van der Waals surface area contributed by atoms with Crippen LogP contribution in [0.3, 0.4) is 0 Å². The predicted molar refractivity (Wildman–Crippen MR) is 225 cm³/mol. The standard InChI is InChI=1S/C43H82NO5.CH4O4S/c1-4-6-8-10-12-14-16-18-20-22-24-26-28-30-32-34-42(46)48-40-37-44(3,36-39-45)38-41-49-43(47)35-33-31-29-27-25-23-21-19-17-15-13-11-9-7-5-2;1-5-6(2,3)4/h18-21,45H,4-17,22-41H2,1-3H3;1H3,(H,2,3,4)/q+1;/p-1. The molecule has 0 rings (SSSR count). The van der Waals surface area contributed by atoms with Gasteiger partial charge in [-0.25, -0.2) is 8.42 Å². The molecule has 0 aliphatic rings. The summed E-state index contributed by atoms with van der Waals surface area (Å²) < 4.78 is 42.6. The Balaban J connectivity index is 0. The number of likely N-dealkylation sites (N-methyl/N-ethyl adjacent to an activating group) is 1. The summed E-state index contributed by atoms with van der Waals surface area (Å²) in [6.07, 6.45) is 42.5. The van der Waals surface area contributed by atoms with Crippen LogP contribution in [0.25, 0.3) is 0 Å². The number of unbranched alkanes of at least 4 members (excludes halogenated alkanes) is 22. The van der Waals surface area contributed by atoms with E-state index >= 15 is 0 Å². The number of hydrogen-bond donors (Lipinski definition) is 1. The number of aliphatic hydroxyl groups excluding tert-OH is 1.